The Morgan fingerprint density at radius 3 is 2.65 bits per heavy atom. The van der Waals surface area contributed by atoms with Gasteiger partial charge in [0.05, 0.1) is 26.1 Å². The minimum absolute atomic E-state index is 0.0592. The molecule has 0 amide bonds. The van der Waals surface area contributed by atoms with Crippen molar-refractivity contribution >= 4 is 23.0 Å². The molecule has 122 valence electrons. The third-order valence-electron chi connectivity index (χ3n) is 3.16. The van der Waals surface area contributed by atoms with E-state index in [9.17, 15) is 9.18 Å². The van der Waals surface area contributed by atoms with Crippen molar-refractivity contribution < 1.29 is 13.9 Å². The van der Waals surface area contributed by atoms with Gasteiger partial charge >= 0.3 is 5.69 Å². The van der Waals surface area contributed by atoms with Crippen LogP contribution >= 0.6 is 12.2 Å². The molecule has 0 saturated heterocycles. The lowest BCUT2D eigenvalue weighted by Crippen LogP contribution is -2.43. The SMILES string of the molecule is COc1ccc(OC)c(NC(=S)n2cc(F)c(=N)n(C)c2=O)c1. The van der Waals surface area contributed by atoms with Gasteiger partial charge in [-0.1, -0.05) is 0 Å². The van der Waals surface area contributed by atoms with E-state index in [4.69, 9.17) is 27.1 Å². The van der Waals surface area contributed by atoms with Crippen LogP contribution in [0.1, 0.15) is 0 Å². The van der Waals surface area contributed by atoms with E-state index < -0.39 is 17.0 Å². The summed E-state index contributed by atoms with van der Waals surface area (Å²) in [5, 5.41) is 10.2. The van der Waals surface area contributed by atoms with E-state index in [1.54, 1.807) is 18.2 Å². The predicted molar refractivity (Wildman–Crippen MR) is 86.7 cm³/mol. The molecule has 0 radical (unpaired) electrons. The summed E-state index contributed by atoms with van der Waals surface area (Å²) in [6.45, 7) is 0. The fourth-order valence-corrected chi connectivity index (χ4v) is 2.12. The molecule has 1 aromatic carbocycles. The molecule has 0 aliphatic rings. The van der Waals surface area contributed by atoms with E-state index in [2.05, 4.69) is 5.32 Å². The van der Waals surface area contributed by atoms with Crippen molar-refractivity contribution in [1.82, 2.24) is 9.13 Å². The zero-order valence-electron chi connectivity index (χ0n) is 12.7. The van der Waals surface area contributed by atoms with Crippen molar-refractivity contribution in [1.29, 1.82) is 5.41 Å². The van der Waals surface area contributed by atoms with Crippen LogP contribution in [-0.2, 0) is 7.05 Å². The molecule has 1 heterocycles. The van der Waals surface area contributed by atoms with Crippen molar-refractivity contribution in [3.05, 3.63) is 46.2 Å². The van der Waals surface area contributed by atoms with Crippen LogP contribution in [0.4, 0.5) is 10.1 Å². The molecule has 1 aromatic heterocycles. The van der Waals surface area contributed by atoms with Gasteiger partial charge in [-0.3, -0.25) is 9.98 Å². The lowest BCUT2D eigenvalue weighted by atomic mass is 10.2. The Morgan fingerprint density at radius 1 is 1.35 bits per heavy atom. The summed E-state index contributed by atoms with van der Waals surface area (Å²) in [7, 11) is 4.28. The lowest BCUT2D eigenvalue weighted by Gasteiger charge is -2.15. The van der Waals surface area contributed by atoms with Gasteiger partial charge in [0.2, 0.25) is 0 Å². The molecule has 0 fully saturated rings. The Labute approximate surface area is 136 Å². The van der Waals surface area contributed by atoms with E-state index in [0.717, 1.165) is 15.3 Å². The van der Waals surface area contributed by atoms with Crippen molar-refractivity contribution in [3.8, 4) is 11.5 Å². The summed E-state index contributed by atoms with van der Waals surface area (Å²) in [5.74, 6) is 0.165. The second-order valence-electron chi connectivity index (χ2n) is 4.53. The molecule has 9 heteroatoms. The van der Waals surface area contributed by atoms with Gasteiger partial charge in [-0.05, 0) is 24.4 Å². The number of methoxy groups -OCH3 is 2. The monoisotopic (exact) mass is 338 g/mol. The average molecular weight is 338 g/mol. The summed E-state index contributed by atoms with van der Waals surface area (Å²) in [4.78, 5) is 12.1. The van der Waals surface area contributed by atoms with Gasteiger partial charge in [0.1, 0.15) is 11.5 Å². The standard InChI is InChI=1S/C14H15FN4O3S/c1-18-12(16)9(15)7-19(14(18)20)13(23)17-10-6-8(21-2)4-5-11(10)22-3/h4-7,16H,1-3H3,(H,17,23). The van der Waals surface area contributed by atoms with Crippen LogP contribution in [-0.4, -0.2) is 28.5 Å². The molecule has 0 atom stereocenters. The molecule has 23 heavy (non-hydrogen) atoms. The molecule has 2 N–H and O–H groups in total. The van der Waals surface area contributed by atoms with Crippen LogP contribution in [0.2, 0.25) is 0 Å². The number of anilines is 1. The van der Waals surface area contributed by atoms with Crippen LogP contribution in [0.15, 0.2) is 29.2 Å². The molecule has 0 bridgehead atoms. The first-order valence-electron chi connectivity index (χ1n) is 6.45. The third-order valence-corrected chi connectivity index (χ3v) is 3.46. The minimum atomic E-state index is -0.867. The Morgan fingerprint density at radius 2 is 2.04 bits per heavy atom. The van der Waals surface area contributed by atoms with Gasteiger partial charge in [0, 0.05) is 13.1 Å². The summed E-state index contributed by atoms with van der Waals surface area (Å²) in [6.07, 6.45) is 0.868. The van der Waals surface area contributed by atoms with Gasteiger partial charge in [0.15, 0.2) is 16.4 Å². The maximum absolute atomic E-state index is 13.7. The van der Waals surface area contributed by atoms with Gasteiger partial charge in [-0.25, -0.2) is 13.8 Å². The Bertz CT molecular complexity index is 875. The first-order valence-corrected chi connectivity index (χ1v) is 6.86. The normalized spacial score (nSPS) is 10.3. The highest BCUT2D eigenvalue weighted by Gasteiger charge is 2.12. The second kappa shape index (κ2) is 6.61. The topological polar surface area (TPSA) is 81.3 Å². The smallest absolute Gasteiger partial charge is 0.335 e. The van der Waals surface area contributed by atoms with E-state index in [-0.39, 0.29) is 5.11 Å². The average Bonchev–Trinajstić information content (AvgIpc) is 2.55. The number of aromatic nitrogens is 2. The minimum Gasteiger partial charge on any atom is -0.497 e. The largest absolute Gasteiger partial charge is 0.497 e. The van der Waals surface area contributed by atoms with Crippen LogP contribution < -0.4 is 26.0 Å². The number of nitrogens with zero attached hydrogens (tertiary/aromatic N) is 2. The number of hydrogen-bond acceptors (Lipinski definition) is 5. The zero-order chi connectivity index (χ0) is 17.1. The quantitative estimate of drug-likeness (QED) is 0.818. The Kier molecular flexibility index (Phi) is 4.80. The molecule has 2 aromatic rings. The maximum atomic E-state index is 13.7. The molecule has 0 unspecified atom stereocenters. The number of thiocarbonyl (C=S) groups is 1. The molecule has 0 aliphatic carbocycles. The van der Waals surface area contributed by atoms with E-state index in [1.165, 1.54) is 21.3 Å². The zero-order valence-corrected chi connectivity index (χ0v) is 13.5. The van der Waals surface area contributed by atoms with Crippen molar-refractivity contribution in [3.63, 3.8) is 0 Å². The van der Waals surface area contributed by atoms with Crippen molar-refractivity contribution in [2.24, 2.45) is 7.05 Å². The van der Waals surface area contributed by atoms with Crippen molar-refractivity contribution in [2.45, 2.75) is 0 Å². The van der Waals surface area contributed by atoms with Gasteiger partial charge in [-0.15, -0.1) is 0 Å². The second-order valence-corrected chi connectivity index (χ2v) is 4.92. The fraction of sp³-hybridized carbons (Fsp3) is 0.214. The molecule has 0 aliphatic heterocycles. The molecule has 0 saturated carbocycles. The first kappa shape index (κ1) is 16.7. The highest BCUT2D eigenvalue weighted by atomic mass is 32.1. The predicted octanol–water partition coefficient (Wildman–Crippen LogP) is 1.07. The molecular formula is C14H15FN4O3S. The first-order chi connectivity index (χ1) is 10.9. The number of hydrogen-bond donors (Lipinski definition) is 2. The number of nitrogens with one attached hydrogen (secondary N) is 2. The lowest BCUT2D eigenvalue weighted by molar-refractivity contribution is 0.405. The van der Waals surface area contributed by atoms with Crippen LogP contribution in [0.5, 0.6) is 11.5 Å². The number of halogens is 1. The summed E-state index contributed by atoms with van der Waals surface area (Å²) in [6, 6.07) is 5.00. The maximum Gasteiger partial charge on any atom is 0.335 e. The van der Waals surface area contributed by atoms with E-state index in [0.29, 0.717) is 17.2 Å². The Hall–Kier alpha value is -2.68. The van der Waals surface area contributed by atoms with E-state index in [1.807, 2.05) is 0 Å². The number of benzene rings is 1. The summed E-state index contributed by atoms with van der Waals surface area (Å²) < 4.78 is 25.8. The summed E-state index contributed by atoms with van der Waals surface area (Å²) >= 11 is 5.15. The van der Waals surface area contributed by atoms with Crippen LogP contribution in [0.25, 0.3) is 0 Å². The highest BCUT2D eigenvalue weighted by Crippen LogP contribution is 2.28. The van der Waals surface area contributed by atoms with E-state index >= 15 is 0 Å². The summed E-state index contributed by atoms with van der Waals surface area (Å²) in [5.41, 5.74) is -0.703. The Balaban J connectivity index is 2.44. The third kappa shape index (κ3) is 3.24. The number of ether oxygens (including phenoxy) is 2. The van der Waals surface area contributed by atoms with Gasteiger partial charge in [-0.2, -0.15) is 0 Å². The highest BCUT2D eigenvalue weighted by molar-refractivity contribution is 7.80. The molecule has 7 nitrogen and oxygen atoms in total. The molecular weight excluding hydrogens is 323 g/mol. The fourth-order valence-electron chi connectivity index (χ4n) is 1.88. The van der Waals surface area contributed by atoms with Crippen LogP contribution in [0, 0.1) is 11.2 Å². The van der Waals surface area contributed by atoms with Crippen LogP contribution in [0.3, 0.4) is 0 Å². The molecule has 2 rings (SSSR count). The number of rotatable bonds is 3. The van der Waals surface area contributed by atoms with Gasteiger partial charge in [0.25, 0.3) is 0 Å². The van der Waals surface area contributed by atoms with Gasteiger partial charge < -0.3 is 14.8 Å². The molecule has 0 spiro atoms. The van der Waals surface area contributed by atoms with Crippen molar-refractivity contribution in [2.75, 3.05) is 19.5 Å².